The second-order valence-electron chi connectivity index (χ2n) is 2.11. The summed E-state index contributed by atoms with van der Waals surface area (Å²) in [5, 5.41) is 9.99. The summed E-state index contributed by atoms with van der Waals surface area (Å²) in [5.74, 6) is -0.708. The van der Waals surface area contributed by atoms with Gasteiger partial charge in [-0.2, -0.15) is 0 Å². The summed E-state index contributed by atoms with van der Waals surface area (Å²) < 4.78 is 5.76. The molecule has 0 aromatic heterocycles. The van der Waals surface area contributed by atoms with Crippen LogP contribution in [0.3, 0.4) is 0 Å². The number of hydrogen-bond donors (Lipinski definition) is 0. The molecule has 0 saturated carbocycles. The zero-order valence-electron chi connectivity index (χ0n) is 6.12. The largest absolute Gasteiger partial charge is 0.546 e. The maximum atomic E-state index is 9.99. The number of halogens is 1. The van der Waals surface area contributed by atoms with Crippen molar-refractivity contribution in [2.75, 3.05) is 6.61 Å². The molecule has 0 N–H and O–H groups in total. The normalized spacial score (nSPS) is 9.42. The Bertz CT molecular complexity index is 268. The Morgan fingerprint density at radius 2 is 2.00 bits per heavy atom. The molecule has 0 atom stereocenters. The molecule has 3 nitrogen and oxygen atoms in total. The first-order chi connectivity index (χ1) is 5.68. The van der Waals surface area contributed by atoms with E-state index in [9.17, 15) is 9.90 Å². The van der Waals surface area contributed by atoms with Gasteiger partial charge >= 0.3 is 0 Å². The second-order valence-corrected chi connectivity index (χ2v) is 3.03. The number of carboxylic acids is 1. The van der Waals surface area contributed by atoms with E-state index in [2.05, 4.69) is 15.9 Å². The van der Waals surface area contributed by atoms with Crippen LogP contribution in [0.25, 0.3) is 0 Å². The van der Waals surface area contributed by atoms with Gasteiger partial charge in [0.15, 0.2) is 0 Å². The molecule has 0 aliphatic rings. The molecule has 0 heterocycles. The molecule has 0 aliphatic carbocycles. The van der Waals surface area contributed by atoms with E-state index in [1.54, 1.807) is 24.3 Å². The van der Waals surface area contributed by atoms with Gasteiger partial charge in [0.05, 0.1) is 5.97 Å². The first kappa shape index (κ1) is 9.06. The molecule has 0 spiro atoms. The Kier molecular flexibility index (Phi) is 3.10. The molecule has 0 aliphatic heterocycles. The minimum atomic E-state index is -1.22. The van der Waals surface area contributed by atoms with Crippen molar-refractivity contribution in [1.82, 2.24) is 0 Å². The van der Waals surface area contributed by atoms with Gasteiger partial charge in [-0.1, -0.05) is 15.9 Å². The van der Waals surface area contributed by atoms with E-state index in [0.29, 0.717) is 5.75 Å². The van der Waals surface area contributed by atoms with Gasteiger partial charge in [-0.15, -0.1) is 0 Å². The SMILES string of the molecule is O=C([O-])COc1ccc(Br)cc1. The molecule has 4 heteroatoms. The summed E-state index contributed by atoms with van der Waals surface area (Å²) in [6.45, 7) is -0.415. The average molecular weight is 230 g/mol. The van der Waals surface area contributed by atoms with Crippen molar-refractivity contribution in [3.8, 4) is 5.75 Å². The zero-order valence-corrected chi connectivity index (χ0v) is 7.71. The molecular formula is C8H6BrO3-. The molecule has 0 saturated heterocycles. The average Bonchev–Trinajstić information content (AvgIpc) is 2.03. The fraction of sp³-hybridized carbons (Fsp3) is 0.125. The van der Waals surface area contributed by atoms with E-state index in [-0.39, 0.29) is 0 Å². The van der Waals surface area contributed by atoms with Crippen LogP contribution in [0, 0.1) is 0 Å². The number of hydrogen-bond acceptors (Lipinski definition) is 3. The number of carbonyl (C=O) groups excluding carboxylic acids is 1. The quantitative estimate of drug-likeness (QED) is 0.762. The Balaban J connectivity index is 2.53. The van der Waals surface area contributed by atoms with Gasteiger partial charge in [0.2, 0.25) is 0 Å². The lowest BCUT2D eigenvalue weighted by atomic mass is 10.3. The molecule has 0 unspecified atom stereocenters. The Labute approximate surface area is 78.1 Å². The summed E-state index contributed by atoms with van der Waals surface area (Å²) in [4.78, 5) is 9.99. The maximum Gasteiger partial charge on any atom is 0.128 e. The van der Waals surface area contributed by atoms with E-state index in [1.807, 2.05) is 0 Å². The molecule has 1 aromatic rings. The lowest BCUT2D eigenvalue weighted by Crippen LogP contribution is -2.28. The first-order valence-electron chi connectivity index (χ1n) is 3.26. The van der Waals surface area contributed by atoms with Crippen LogP contribution in [0.4, 0.5) is 0 Å². The van der Waals surface area contributed by atoms with Gasteiger partial charge in [0.1, 0.15) is 12.4 Å². The molecule has 0 fully saturated rings. The third kappa shape index (κ3) is 2.92. The third-order valence-electron chi connectivity index (χ3n) is 1.17. The minimum Gasteiger partial charge on any atom is -0.546 e. The second kappa shape index (κ2) is 4.11. The van der Waals surface area contributed by atoms with Crippen LogP contribution in [0.5, 0.6) is 5.75 Å². The summed E-state index contributed by atoms with van der Waals surface area (Å²) in [6.07, 6.45) is 0. The van der Waals surface area contributed by atoms with Gasteiger partial charge in [0, 0.05) is 4.47 Å². The van der Waals surface area contributed by atoms with Crippen LogP contribution in [0.15, 0.2) is 28.7 Å². The topological polar surface area (TPSA) is 49.4 Å². The highest BCUT2D eigenvalue weighted by atomic mass is 79.9. The van der Waals surface area contributed by atoms with Crippen LogP contribution in [-0.2, 0) is 4.79 Å². The summed E-state index contributed by atoms with van der Waals surface area (Å²) in [5.41, 5.74) is 0. The van der Waals surface area contributed by atoms with Crippen molar-refractivity contribution in [3.63, 3.8) is 0 Å². The molecular weight excluding hydrogens is 224 g/mol. The van der Waals surface area contributed by atoms with E-state index in [1.165, 1.54) is 0 Å². The zero-order chi connectivity index (χ0) is 8.97. The number of ether oxygens (including phenoxy) is 1. The Morgan fingerprint density at radius 3 is 2.50 bits per heavy atom. The number of benzene rings is 1. The van der Waals surface area contributed by atoms with E-state index in [0.717, 1.165) is 4.47 Å². The molecule has 0 radical (unpaired) electrons. The summed E-state index contributed by atoms with van der Waals surface area (Å²) in [7, 11) is 0. The van der Waals surface area contributed by atoms with E-state index < -0.39 is 12.6 Å². The molecule has 1 rings (SSSR count). The number of carboxylic acid groups (broad SMARTS) is 1. The number of carbonyl (C=O) groups is 1. The number of aliphatic carboxylic acids is 1. The standard InChI is InChI=1S/C8H7BrO3/c9-6-1-3-7(4-2-6)12-5-8(10)11/h1-4H,5H2,(H,10,11)/p-1. The van der Waals surface area contributed by atoms with Crippen LogP contribution < -0.4 is 9.84 Å². The van der Waals surface area contributed by atoms with Gasteiger partial charge in [-0.25, -0.2) is 0 Å². The predicted molar refractivity (Wildman–Crippen MR) is 44.6 cm³/mol. The Hall–Kier alpha value is -1.03. The van der Waals surface area contributed by atoms with Crippen molar-refractivity contribution >= 4 is 21.9 Å². The fourth-order valence-electron chi connectivity index (χ4n) is 0.673. The highest BCUT2D eigenvalue weighted by molar-refractivity contribution is 9.10. The molecule has 0 bridgehead atoms. The highest BCUT2D eigenvalue weighted by Crippen LogP contribution is 2.15. The molecule has 0 amide bonds. The molecule has 1 aromatic carbocycles. The van der Waals surface area contributed by atoms with Crippen molar-refractivity contribution in [3.05, 3.63) is 28.7 Å². The van der Waals surface area contributed by atoms with Crippen LogP contribution in [0.1, 0.15) is 0 Å². The van der Waals surface area contributed by atoms with Gasteiger partial charge in [-0.3, -0.25) is 0 Å². The lowest BCUT2D eigenvalue weighted by molar-refractivity contribution is -0.307. The number of rotatable bonds is 3. The van der Waals surface area contributed by atoms with Crippen molar-refractivity contribution in [1.29, 1.82) is 0 Å². The van der Waals surface area contributed by atoms with Crippen molar-refractivity contribution in [2.45, 2.75) is 0 Å². The monoisotopic (exact) mass is 229 g/mol. The highest BCUT2D eigenvalue weighted by Gasteiger charge is 1.92. The minimum absolute atomic E-state index is 0.415. The summed E-state index contributed by atoms with van der Waals surface area (Å²) in [6, 6.07) is 6.88. The smallest absolute Gasteiger partial charge is 0.128 e. The predicted octanol–water partition coefficient (Wildman–Crippen LogP) is 0.578. The Morgan fingerprint density at radius 1 is 1.42 bits per heavy atom. The van der Waals surface area contributed by atoms with Gasteiger partial charge in [0.25, 0.3) is 0 Å². The fourth-order valence-corrected chi connectivity index (χ4v) is 0.937. The molecule has 64 valence electrons. The maximum absolute atomic E-state index is 9.99. The molecule has 12 heavy (non-hydrogen) atoms. The summed E-state index contributed by atoms with van der Waals surface area (Å²) >= 11 is 3.24. The van der Waals surface area contributed by atoms with Crippen LogP contribution in [0.2, 0.25) is 0 Å². The van der Waals surface area contributed by atoms with Crippen molar-refractivity contribution < 1.29 is 14.6 Å². The van der Waals surface area contributed by atoms with E-state index in [4.69, 9.17) is 4.74 Å². The van der Waals surface area contributed by atoms with Gasteiger partial charge in [-0.05, 0) is 24.3 Å². The van der Waals surface area contributed by atoms with Crippen LogP contribution >= 0.6 is 15.9 Å². The third-order valence-corrected chi connectivity index (χ3v) is 1.70. The first-order valence-corrected chi connectivity index (χ1v) is 4.06. The lowest BCUT2D eigenvalue weighted by Gasteiger charge is -2.05. The van der Waals surface area contributed by atoms with E-state index >= 15 is 0 Å². The van der Waals surface area contributed by atoms with Gasteiger partial charge < -0.3 is 14.6 Å². The van der Waals surface area contributed by atoms with Crippen LogP contribution in [-0.4, -0.2) is 12.6 Å². The van der Waals surface area contributed by atoms with Crippen molar-refractivity contribution in [2.24, 2.45) is 0 Å².